The average Bonchev–Trinajstić information content (AvgIpc) is 2.45. The molecule has 0 unspecified atom stereocenters. The first-order valence-electron chi connectivity index (χ1n) is 7.56. The number of unbranched alkanes of at least 4 members (excludes halogenated alkanes) is 1. The zero-order valence-electron chi connectivity index (χ0n) is 14.1. The van der Waals surface area contributed by atoms with Crippen molar-refractivity contribution < 1.29 is 33.4 Å². The molecule has 0 aliphatic heterocycles. The van der Waals surface area contributed by atoms with Gasteiger partial charge in [-0.2, -0.15) is 0 Å². The summed E-state index contributed by atoms with van der Waals surface area (Å²) in [5.74, 6) is -2.68. The zero-order chi connectivity index (χ0) is 17.9. The number of esters is 3. The van der Waals surface area contributed by atoms with Crippen molar-refractivity contribution in [1.29, 1.82) is 0 Å². The summed E-state index contributed by atoms with van der Waals surface area (Å²) < 4.78 is 14.7. The third kappa shape index (κ3) is 7.12. The van der Waals surface area contributed by atoms with Gasteiger partial charge in [-0.05, 0) is 33.1 Å². The van der Waals surface area contributed by atoms with Crippen molar-refractivity contribution in [2.24, 2.45) is 0 Å². The van der Waals surface area contributed by atoms with Gasteiger partial charge in [0.2, 0.25) is 11.4 Å². The highest BCUT2D eigenvalue weighted by Gasteiger charge is 2.49. The van der Waals surface area contributed by atoms with E-state index >= 15 is 0 Å². The van der Waals surface area contributed by atoms with E-state index in [-0.39, 0.29) is 26.2 Å². The fraction of sp³-hybridized carbons (Fsp3) is 0.733. The van der Waals surface area contributed by atoms with Gasteiger partial charge in [-0.15, -0.1) is 0 Å². The molecular weight excluding hydrogens is 306 g/mol. The first-order valence-corrected chi connectivity index (χ1v) is 7.56. The Bertz CT molecular complexity index is 416. The molecule has 0 spiro atoms. The van der Waals surface area contributed by atoms with Crippen molar-refractivity contribution in [3.8, 4) is 0 Å². The van der Waals surface area contributed by atoms with Crippen molar-refractivity contribution in [3.05, 3.63) is 0 Å². The standard InChI is InChI=1S/C15H25NO7/c1-5-21-13(19)15(16-11(3)17,14(20)22-6-2)9-7-8-10-23-12(4)18/h5-10H2,1-4H3,(H,16,17). The summed E-state index contributed by atoms with van der Waals surface area (Å²) in [4.78, 5) is 46.7. The van der Waals surface area contributed by atoms with Crippen molar-refractivity contribution in [2.75, 3.05) is 19.8 Å². The van der Waals surface area contributed by atoms with Crippen molar-refractivity contribution in [3.63, 3.8) is 0 Å². The number of hydrogen-bond acceptors (Lipinski definition) is 7. The molecule has 8 heteroatoms. The van der Waals surface area contributed by atoms with E-state index in [1.807, 2.05) is 0 Å². The topological polar surface area (TPSA) is 108 Å². The number of carbonyl (C=O) groups is 4. The fourth-order valence-electron chi connectivity index (χ4n) is 1.97. The van der Waals surface area contributed by atoms with E-state index in [1.165, 1.54) is 13.8 Å². The van der Waals surface area contributed by atoms with Crippen LogP contribution in [0.2, 0.25) is 0 Å². The van der Waals surface area contributed by atoms with E-state index in [9.17, 15) is 19.2 Å². The molecule has 0 bridgehead atoms. The molecule has 0 saturated carbocycles. The van der Waals surface area contributed by atoms with Crippen LogP contribution in [0.25, 0.3) is 0 Å². The predicted molar refractivity (Wildman–Crippen MR) is 80.3 cm³/mol. The van der Waals surface area contributed by atoms with Crippen LogP contribution in [0.3, 0.4) is 0 Å². The Morgan fingerprint density at radius 3 is 1.78 bits per heavy atom. The lowest BCUT2D eigenvalue weighted by Gasteiger charge is -2.29. The van der Waals surface area contributed by atoms with Crippen molar-refractivity contribution >= 4 is 23.8 Å². The lowest BCUT2D eigenvalue weighted by atomic mass is 9.92. The van der Waals surface area contributed by atoms with Crippen LogP contribution in [0.15, 0.2) is 0 Å². The van der Waals surface area contributed by atoms with Gasteiger partial charge in [0.25, 0.3) is 0 Å². The van der Waals surface area contributed by atoms with Gasteiger partial charge in [0.1, 0.15) is 0 Å². The van der Waals surface area contributed by atoms with Crippen molar-refractivity contribution in [1.82, 2.24) is 5.32 Å². The third-order valence-electron chi connectivity index (χ3n) is 2.89. The van der Waals surface area contributed by atoms with E-state index in [1.54, 1.807) is 13.8 Å². The smallest absolute Gasteiger partial charge is 0.343 e. The summed E-state index contributed by atoms with van der Waals surface area (Å²) in [6.07, 6.45) is 0.774. The summed E-state index contributed by atoms with van der Waals surface area (Å²) in [6.45, 7) is 5.98. The highest BCUT2D eigenvalue weighted by molar-refractivity contribution is 6.07. The maximum Gasteiger partial charge on any atom is 0.343 e. The Kier molecular flexibility index (Phi) is 9.60. The summed E-state index contributed by atoms with van der Waals surface area (Å²) in [7, 11) is 0. The molecule has 0 saturated heterocycles. The highest BCUT2D eigenvalue weighted by atomic mass is 16.6. The maximum atomic E-state index is 12.3. The van der Waals surface area contributed by atoms with Gasteiger partial charge >= 0.3 is 17.9 Å². The SMILES string of the molecule is CCOC(=O)C(CCCCOC(C)=O)(NC(C)=O)C(=O)OCC. The van der Waals surface area contributed by atoms with Gasteiger partial charge in [-0.1, -0.05) is 0 Å². The number of rotatable bonds is 10. The van der Waals surface area contributed by atoms with Crippen LogP contribution in [-0.4, -0.2) is 49.2 Å². The molecule has 0 rings (SSSR count). The van der Waals surface area contributed by atoms with Gasteiger partial charge in [0.05, 0.1) is 19.8 Å². The zero-order valence-corrected chi connectivity index (χ0v) is 14.1. The second kappa shape index (κ2) is 10.6. The lowest BCUT2D eigenvalue weighted by molar-refractivity contribution is -0.168. The number of amides is 1. The van der Waals surface area contributed by atoms with E-state index in [0.29, 0.717) is 12.8 Å². The van der Waals surface area contributed by atoms with Crippen LogP contribution in [-0.2, 0) is 33.4 Å². The highest BCUT2D eigenvalue weighted by Crippen LogP contribution is 2.20. The van der Waals surface area contributed by atoms with E-state index in [2.05, 4.69) is 5.32 Å². The van der Waals surface area contributed by atoms with Gasteiger partial charge < -0.3 is 19.5 Å². The second-order valence-corrected chi connectivity index (χ2v) is 4.82. The number of nitrogens with one attached hydrogen (secondary N) is 1. The van der Waals surface area contributed by atoms with Crippen LogP contribution in [0.4, 0.5) is 0 Å². The van der Waals surface area contributed by atoms with Crippen LogP contribution in [0, 0.1) is 0 Å². The summed E-state index contributed by atoms with van der Waals surface area (Å²) in [5, 5.41) is 2.37. The second-order valence-electron chi connectivity index (χ2n) is 4.82. The molecule has 0 fully saturated rings. The minimum Gasteiger partial charge on any atom is -0.466 e. The van der Waals surface area contributed by atoms with Gasteiger partial charge in [-0.25, -0.2) is 9.59 Å². The molecule has 0 atom stereocenters. The molecule has 0 aromatic carbocycles. The Morgan fingerprint density at radius 2 is 1.39 bits per heavy atom. The maximum absolute atomic E-state index is 12.3. The minimum atomic E-state index is -1.88. The predicted octanol–water partition coefficient (Wildman–Crippen LogP) is 0.721. The molecule has 1 amide bonds. The van der Waals surface area contributed by atoms with Gasteiger partial charge in [-0.3, -0.25) is 9.59 Å². The molecule has 1 N–H and O–H groups in total. The number of carbonyl (C=O) groups excluding carboxylic acids is 4. The van der Waals surface area contributed by atoms with Gasteiger partial charge in [0, 0.05) is 13.8 Å². The largest absolute Gasteiger partial charge is 0.466 e. The summed E-state index contributed by atoms with van der Waals surface area (Å²) in [6, 6.07) is 0. The Hall–Kier alpha value is -2.12. The Morgan fingerprint density at radius 1 is 0.870 bits per heavy atom. The molecule has 0 aliphatic carbocycles. The van der Waals surface area contributed by atoms with Crippen LogP contribution in [0.5, 0.6) is 0 Å². The molecule has 132 valence electrons. The molecule has 0 aliphatic rings. The molecular formula is C15H25NO7. The molecule has 8 nitrogen and oxygen atoms in total. The van der Waals surface area contributed by atoms with Crippen LogP contribution in [0.1, 0.15) is 47.0 Å². The average molecular weight is 331 g/mol. The van der Waals surface area contributed by atoms with E-state index < -0.39 is 29.4 Å². The van der Waals surface area contributed by atoms with Crippen LogP contribution >= 0.6 is 0 Å². The minimum absolute atomic E-state index is 0.00842. The van der Waals surface area contributed by atoms with Crippen molar-refractivity contribution in [2.45, 2.75) is 52.5 Å². The molecule has 0 aromatic rings. The molecule has 0 radical (unpaired) electrons. The summed E-state index contributed by atoms with van der Waals surface area (Å²) >= 11 is 0. The quantitative estimate of drug-likeness (QED) is 0.272. The Balaban J connectivity index is 5.11. The van der Waals surface area contributed by atoms with Crippen LogP contribution < -0.4 is 5.32 Å². The summed E-state index contributed by atoms with van der Waals surface area (Å²) in [5.41, 5.74) is -1.88. The van der Waals surface area contributed by atoms with E-state index in [0.717, 1.165) is 0 Å². The normalized spacial score (nSPS) is 10.6. The molecule has 23 heavy (non-hydrogen) atoms. The first kappa shape index (κ1) is 20.9. The first-order chi connectivity index (χ1) is 10.8. The van der Waals surface area contributed by atoms with Gasteiger partial charge in [0.15, 0.2) is 0 Å². The lowest BCUT2D eigenvalue weighted by Crippen LogP contribution is -2.61. The molecule has 0 heterocycles. The Labute approximate surface area is 135 Å². The fourth-order valence-corrected chi connectivity index (χ4v) is 1.97. The third-order valence-corrected chi connectivity index (χ3v) is 2.89. The van der Waals surface area contributed by atoms with E-state index in [4.69, 9.17) is 14.2 Å². The monoisotopic (exact) mass is 331 g/mol. The number of hydrogen-bond donors (Lipinski definition) is 1. The molecule has 0 aromatic heterocycles. The number of ether oxygens (including phenoxy) is 3.